The maximum absolute atomic E-state index is 12.8. The molecule has 2 bridgehead atoms. The normalized spacial score (nSPS) is 30.0. The summed E-state index contributed by atoms with van der Waals surface area (Å²) in [5, 5.41) is 11.5. The molecule has 9 heteroatoms. The number of hydrogen-bond donors (Lipinski definition) is 2. The molecule has 1 aromatic rings. The lowest BCUT2D eigenvalue weighted by Gasteiger charge is -2.28. The minimum Gasteiger partial charge on any atom is -0.481 e. The molecular weight excluding hydrogens is 366 g/mol. The van der Waals surface area contributed by atoms with Gasteiger partial charge in [-0.15, -0.1) is 0 Å². The van der Waals surface area contributed by atoms with Gasteiger partial charge in [0.2, 0.25) is 17.7 Å². The summed E-state index contributed by atoms with van der Waals surface area (Å²) in [6.07, 6.45) is 2.34. The molecule has 2 fully saturated rings. The molecule has 3 amide bonds. The second-order valence-corrected chi connectivity index (χ2v) is 7.26. The SMILES string of the molecule is Cc1cccc(NC(=O)C[C@@]23C=C[C@@H](O2)[C@H]2C(=O)N(CCC(=O)O)C(=O)[C@H]23)n1. The van der Waals surface area contributed by atoms with Crippen LogP contribution in [-0.2, 0) is 23.9 Å². The van der Waals surface area contributed by atoms with Gasteiger partial charge in [-0.3, -0.25) is 24.1 Å². The summed E-state index contributed by atoms with van der Waals surface area (Å²) in [5.74, 6) is -3.52. The zero-order valence-electron chi connectivity index (χ0n) is 15.1. The van der Waals surface area contributed by atoms with Gasteiger partial charge in [0.1, 0.15) is 11.4 Å². The van der Waals surface area contributed by atoms with E-state index >= 15 is 0 Å². The summed E-state index contributed by atoms with van der Waals surface area (Å²) in [6.45, 7) is 1.63. The second-order valence-electron chi connectivity index (χ2n) is 7.26. The van der Waals surface area contributed by atoms with Crippen LogP contribution in [0, 0.1) is 18.8 Å². The van der Waals surface area contributed by atoms with E-state index in [0.717, 1.165) is 10.6 Å². The number of rotatable bonds is 6. The average molecular weight is 385 g/mol. The third kappa shape index (κ3) is 2.88. The van der Waals surface area contributed by atoms with Gasteiger partial charge in [0.15, 0.2) is 0 Å². The first-order valence-electron chi connectivity index (χ1n) is 8.98. The maximum atomic E-state index is 12.8. The molecule has 4 rings (SSSR count). The van der Waals surface area contributed by atoms with Crippen LogP contribution in [0.25, 0.3) is 0 Å². The molecular formula is C19H19N3O6. The van der Waals surface area contributed by atoms with Crippen molar-refractivity contribution < 1.29 is 29.0 Å². The fourth-order valence-corrected chi connectivity index (χ4v) is 4.24. The summed E-state index contributed by atoms with van der Waals surface area (Å²) in [7, 11) is 0. The van der Waals surface area contributed by atoms with Crippen LogP contribution < -0.4 is 5.32 Å². The van der Waals surface area contributed by atoms with Crippen molar-refractivity contribution >= 4 is 29.5 Å². The minimum atomic E-state index is -1.20. The quantitative estimate of drug-likeness (QED) is 0.539. The number of pyridine rings is 1. The van der Waals surface area contributed by atoms with Crippen molar-refractivity contribution in [3.05, 3.63) is 36.0 Å². The summed E-state index contributed by atoms with van der Waals surface area (Å²) in [6, 6.07) is 5.23. The molecule has 3 aliphatic heterocycles. The van der Waals surface area contributed by atoms with E-state index in [0.29, 0.717) is 5.82 Å². The molecule has 146 valence electrons. The van der Waals surface area contributed by atoms with E-state index in [1.165, 1.54) is 0 Å². The van der Waals surface area contributed by atoms with Crippen molar-refractivity contribution in [3.8, 4) is 0 Å². The van der Waals surface area contributed by atoms with Crippen LogP contribution >= 0.6 is 0 Å². The summed E-state index contributed by atoms with van der Waals surface area (Å²) < 4.78 is 5.90. The highest BCUT2D eigenvalue weighted by molar-refractivity contribution is 6.08. The Balaban J connectivity index is 1.52. The summed E-state index contributed by atoms with van der Waals surface area (Å²) >= 11 is 0. The zero-order valence-corrected chi connectivity index (χ0v) is 15.1. The molecule has 0 unspecified atom stereocenters. The van der Waals surface area contributed by atoms with Crippen molar-refractivity contribution in [2.24, 2.45) is 11.8 Å². The number of aromatic nitrogens is 1. The second kappa shape index (κ2) is 6.52. The first-order chi connectivity index (χ1) is 13.3. The van der Waals surface area contributed by atoms with Gasteiger partial charge in [0, 0.05) is 12.2 Å². The monoisotopic (exact) mass is 385 g/mol. The molecule has 4 heterocycles. The van der Waals surface area contributed by atoms with Gasteiger partial charge in [-0.2, -0.15) is 0 Å². The number of carbonyl (C=O) groups excluding carboxylic acids is 3. The van der Waals surface area contributed by atoms with Crippen LogP contribution in [0.4, 0.5) is 5.82 Å². The average Bonchev–Trinajstić information content (AvgIpc) is 3.23. The Kier molecular flexibility index (Phi) is 4.26. The standard InChI is InChI=1S/C19H19N3O6/c1-10-3-2-4-12(20-10)21-13(23)9-19-7-5-11(28-19)15-16(19)18(27)22(17(15)26)8-6-14(24)25/h2-5,7,11,15-16H,6,8-9H2,1H3,(H,24,25)(H,20,21,23)/t11-,15-,16+,19-/m1/s1. The maximum Gasteiger partial charge on any atom is 0.305 e. The van der Waals surface area contributed by atoms with E-state index < -0.39 is 41.3 Å². The van der Waals surface area contributed by atoms with E-state index in [-0.39, 0.29) is 25.3 Å². The number of fused-ring (bicyclic) bond motifs is 5. The van der Waals surface area contributed by atoms with Gasteiger partial charge in [-0.1, -0.05) is 18.2 Å². The smallest absolute Gasteiger partial charge is 0.305 e. The molecule has 0 saturated carbocycles. The Morgan fingerprint density at radius 1 is 1.32 bits per heavy atom. The Labute approximate surface area is 160 Å². The van der Waals surface area contributed by atoms with Crippen molar-refractivity contribution in [1.82, 2.24) is 9.88 Å². The van der Waals surface area contributed by atoms with Crippen LogP contribution in [0.3, 0.4) is 0 Å². The van der Waals surface area contributed by atoms with Crippen molar-refractivity contribution in [3.63, 3.8) is 0 Å². The Morgan fingerprint density at radius 3 is 2.82 bits per heavy atom. The van der Waals surface area contributed by atoms with Crippen LogP contribution in [0.5, 0.6) is 0 Å². The van der Waals surface area contributed by atoms with Crippen LogP contribution in [0.2, 0.25) is 0 Å². The lowest BCUT2D eigenvalue weighted by atomic mass is 9.75. The molecule has 9 nitrogen and oxygen atoms in total. The van der Waals surface area contributed by atoms with Crippen LogP contribution in [-0.4, -0.2) is 56.9 Å². The summed E-state index contributed by atoms with van der Waals surface area (Å²) in [4.78, 5) is 54.1. The number of anilines is 1. The number of nitrogens with one attached hydrogen (secondary N) is 1. The molecule has 0 aromatic carbocycles. The van der Waals surface area contributed by atoms with E-state index in [1.54, 1.807) is 37.3 Å². The van der Waals surface area contributed by atoms with E-state index in [2.05, 4.69) is 10.3 Å². The fourth-order valence-electron chi connectivity index (χ4n) is 4.24. The molecule has 0 spiro atoms. The van der Waals surface area contributed by atoms with Gasteiger partial charge in [0.25, 0.3) is 0 Å². The predicted octanol–water partition coefficient (Wildman–Crippen LogP) is 0.502. The molecule has 2 saturated heterocycles. The van der Waals surface area contributed by atoms with Gasteiger partial charge in [0.05, 0.1) is 30.8 Å². The highest BCUT2D eigenvalue weighted by Gasteiger charge is 2.67. The number of carboxylic acids is 1. The number of imide groups is 1. The molecule has 0 radical (unpaired) electrons. The number of amides is 3. The predicted molar refractivity (Wildman–Crippen MR) is 94.9 cm³/mol. The largest absolute Gasteiger partial charge is 0.481 e. The first-order valence-corrected chi connectivity index (χ1v) is 8.98. The topological polar surface area (TPSA) is 126 Å². The molecule has 0 aliphatic carbocycles. The van der Waals surface area contributed by atoms with Gasteiger partial charge in [-0.05, 0) is 19.1 Å². The van der Waals surface area contributed by atoms with E-state index in [1.807, 2.05) is 0 Å². The van der Waals surface area contributed by atoms with Gasteiger partial charge in [-0.25, -0.2) is 4.98 Å². The van der Waals surface area contributed by atoms with Crippen molar-refractivity contribution in [2.75, 3.05) is 11.9 Å². The molecule has 1 aromatic heterocycles. The highest BCUT2D eigenvalue weighted by atomic mass is 16.5. The van der Waals surface area contributed by atoms with Crippen molar-refractivity contribution in [1.29, 1.82) is 0 Å². The van der Waals surface area contributed by atoms with Crippen LogP contribution in [0.1, 0.15) is 18.5 Å². The number of nitrogens with zero attached hydrogens (tertiary/aromatic N) is 2. The lowest BCUT2D eigenvalue weighted by molar-refractivity contribution is -0.145. The highest BCUT2D eigenvalue weighted by Crippen LogP contribution is 2.53. The molecule has 3 aliphatic rings. The van der Waals surface area contributed by atoms with Crippen LogP contribution in [0.15, 0.2) is 30.4 Å². The van der Waals surface area contributed by atoms with Gasteiger partial charge < -0.3 is 15.2 Å². The fraction of sp³-hybridized carbons (Fsp3) is 0.421. The Bertz CT molecular complexity index is 913. The number of likely N-dealkylation sites (tertiary alicyclic amines) is 1. The Morgan fingerprint density at radius 2 is 2.11 bits per heavy atom. The first kappa shape index (κ1) is 18.3. The minimum absolute atomic E-state index is 0.136. The van der Waals surface area contributed by atoms with Gasteiger partial charge >= 0.3 is 5.97 Å². The third-order valence-electron chi connectivity index (χ3n) is 5.39. The van der Waals surface area contributed by atoms with Crippen molar-refractivity contribution in [2.45, 2.75) is 31.5 Å². The Hall–Kier alpha value is -3.07. The number of carbonyl (C=O) groups is 4. The number of carboxylic acid groups (broad SMARTS) is 1. The summed E-state index contributed by atoms with van der Waals surface area (Å²) in [5.41, 5.74) is -0.451. The number of hydrogen-bond acceptors (Lipinski definition) is 6. The lowest BCUT2D eigenvalue weighted by Crippen LogP contribution is -2.43. The van der Waals surface area contributed by atoms with E-state index in [4.69, 9.17) is 9.84 Å². The third-order valence-corrected chi connectivity index (χ3v) is 5.39. The number of aryl methyl sites for hydroxylation is 1. The zero-order chi connectivity index (χ0) is 20.1. The molecule has 2 N–H and O–H groups in total. The number of ether oxygens (including phenoxy) is 1. The number of aliphatic carboxylic acids is 1. The van der Waals surface area contributed by atoms with E-state index in [9.17, 15) is 19.2 Å². The molecule has 4 atom stereocenters. The molecule has 28 heavy (non-hydrogen) atoms.